The maximum Gasteiger partial charge on any atom is 0.303 e. The first-order valence-electron chi connectivity index (χ1n) is 11.8. The number of aliphatic carboxylic acids is 4. The molecule has 4 N–H and O–H groups in total. The molecule has 192 valence electrons. The summed E-state index contributed by atoms with van der Waals surface area (Å²) in [6.07, 6.45) is 20.2. The van der Waals surface area contributed by atoms with Gasteiger partial charge in [-0.3, -0.25) is 19.2 Å². The van der Waals surface area contributed by atoms with Crippen molar-refractivity contribution in [1.82, 2.24) is 0 Å². The third-order valence-electron chi connectivity index (χ3n) is 3.99. The van der Waals surface area contributed by atoms with Crippen molar-refractivity contribution in [3.8, 4) is 0 Å². The first-order valence-corrected chi connectivity index (χ1v) is 11.8. The SMILES string of the molecule is CC(=O)O.CC(=O)O.CC(=O)O.CCCCCCCCCCCCCCCCCC(=O)O. The first kappa shape index (κ1) is 37.2. The highest BCUT2D eigenvalue weighted by atomic mass is 16.4. The molecule has 0 fully saturated rings. The van der Waals surface area contributed by atoms with Crippen molar-refractivity contribution in [2.45, 2.75) is 130 Å². The topological polar surface area (TPSA) is 149 Å². The molecular weight excluding hydrogens is 416 g/mol. The Kier molecular flexibility index (Phi) is 39.0. The van der Waals surface area contributed by atoms with Crippen molar-refractivity contribution in [3.63, 3.8) is 0 Å². The maximum absolute atomic E-state index is 10.3. The maximum atomic E-state index is 10.3. The van der Waals surface area contributed by atoms with E-state index in [0.29, 0.717) is 6.42 Å². The molecule has 32 heavy (non-hydrogen) atoms. The summed E-state index contributed by atoms with van der Waals surface area (Å²) in [5.74, 6) is -3.15. The second kappa shape index (κ2) is 33.5. The van der Waals surface area contributed by atoms with Gasteiger partial charge < -0.3 is 20.4 Å². The van der Waals surface area contributed by atoms with Crippen LogP contribution in [0, 0.1) is 0 Å². The van der Waals surface area contributed by atoms with E-state index in [1.54, 1.807) is 0 Å². The highest BCUT2D eigenvalue weighted by Gasteiger charge is 1.97. The van der Waals surface area contributed by atoms with Crippen molar-refractivity contribution in [2.75, 3.05) is 0 Å². The van der Waals surface area contributed by atoms with Gasteiger partial charge >= 0.3 is 5.97 Å². The van der Waals surface area contributed by atoms with Crippen LogP contribution in [-0.4, -0.2) is 44.3 Å². The van der Waals surface area contributed by atoms with Crippen LogP contribution in [0.3, 0.4) is 0 Å². The minimum atomic E-state index is -0.833. The number of carbonyl (C=O) groups is 4. The summed E-state index contributed by atoms with van der Waals surface area (Å²) in [6, 6.07) is 0. The molecule has 0 aliphatic carbocycles. The van der Waals surface area contributed by atoms with Gasteiger partial charge in [0.1, 0.15) is 0 Å². The fourth-order valence-electron chi connectivity index (χ4n) is 2.65. The molecule has 0 saturated carbocycles. The van der Waals surface area contributed by atoms with Crippen molar-refractivity contribution in [1.29, 1.82) is 0 Å². The lowest BCUT2D eigenvalue weighted by molar-refractivity contribution is -0.137. The Morgan fingerprint density at radius 1 is 0.438 bits per heavy atom. The molecule has 0 rings (SSSR count). The zero-order valence-electron chi connectivity index (χ0n) is 20.7. The molecule has 0 unspecified atom stereocenters. The zero-order chi connectivity index (χ0) is 25.6. The van der Waals surface area contributed by atoms with E-state index in [9.17, 15) is 4.79 Å². The summed E-state index contributed by atoms with van der Waals surface area (Å²) in [4.78, 5) is 37.3. The van der Waals surface area contributed by atoms with E-state index in [4.69, 9.17) is 34.8 Å². The predicted molar refractivity (Wildman–Crippen MR) is 127 cm³/mol. The molecule has 0 aliphatic heterocycles. The van der Waals surface area contributed by atoms with E-state index in [1.807, 2.05) is 0 Å². The van der Waals surface area contributed by atoms with E-state index in [2.05, 4.69) is 6.92 Å². The summed E-state index contributed by atoms with van der Waals surface area (Å²) in [7, 11) is 0. The van der Waals surface area contributed by atoms with E-state index in [0.717, 1.165) is 33.6 Å². The normalized spacial score (nSPS) is 9.12. The first-order chi connectivity index (χ1) is 15.0. The molecule has 0 amide bonds. The van der Waals surface area contributed by atoms with E-state index in [1.165, 1.54) is 83.5 Å². The molecule has 0 aromatic carbocycles. The van der Waals surface area contributed by atoms with Crippen LogP contribution in [0.1, 0.15) is 130 Å². The Morgan fingerprint density at radius 3 is 0.812 bits per heavy atom. The molecule has 0 bridgehead atoms. The fraction of sp³-hybridized carbons (Fsp3) is 0.833. The van der Waals surface area contributed by atoms with Crippen LogP contribution in [0.2, 0.25) is 0 Å². The Hall–Kier alpha value is -2.12. The van der Waals surface area contributed by atoms with E-state index < -0.39 is 23.9 Å². The monoisotopic (exact) mass is 464 g/mol. The molecule has 0 atom stereocenters. The molecule has 8 nitrogen and oxygen atoms in total. The zero-order valence-corrected chi connectivity index (χ0v) is 20.7. The van der Waals surface area contributed by atoms with Crippen LogP contribution in [0.15, 0.2) is 0 Å². The second-order valence-corrected chi connectivity index (χ2v) is 7.65. The molecule has 0 radical (unpaired) electrons. The quantitative estimate of drug-likeness (QED) is 0.186. The number of carboxylic acids is 4. The fourth-order valence-corrected chi connectivity index (χ4v) is 2.65. The predicted octanol–water partition coefficient (Wildman–Crippen LogP) is 6.61. The van der Waals surface area contributed by atoms with Crippen LogP contribution in [-0.2, 0) is 19.2 Å². The number of unbranched alkanes of at least 4 members (excludes halogenated alkanes) is 14. The number of carboxylic acid groups (broad SMARTS) is 4. The summed E-state index contributed by atoms with van der Waals surface area (Å²) in [5, 5.41) is 30.8. The molecule has 0 aromatic heterocycles. The minimum absolute atomic E-state index is 0.345. The lowest BCUT2D eigenvalue weighted by Gasteiger charge is -2.03. The molecule has 0 aromatic rings. The van der Waals surface area contributed by atoms with E-state index >= 15 is 0 Å². The standard InChI is InChI=1S/C18H36O2.3C2H4O2/c1-2-3-4-5-6-7-8-9-10-11-12-13-14-15-16-17-18(19)20;3*1-2(3)4/h2-17H2,1H3,(H,19,20);3*1H3,(H,3,4). The van der Waals surface area contributed by atoms with Gasteiger partial charge in [-0.05, 0) is 6.42 Å². The Morgan fingerprint density at radius 2 is 0.625 bits per heavy atom. The summed E-state index contributed by atoms with van der Waals surface area (Å²) >= 11 is 0. The molecule has 8 heteroatoms. The van der Waals surface area contributed by atoms with Crippen molar-refractivity contribution in [3.05, 3.63) is 0 Å². The van der Waals surface area contributed by atoms with Crippen LogP contribution in [0.4, 0.5) is 0 Å². The van der Waals surface area contributed by atoms with Crippen molar-refractivity contribution >= 4 is 23.9 Å². The Bertz CT molecular complexity index is 395. The summed E-state index contributed by atoms with van der Waals surface area (Å²) in [6.45, 7) is 5.52. The second-order valence-electron chi connectivity index (χ2n) is 7.65. The summed E-state index contributed by atoms with van der Waals surface area (Å²) in [5.41, 5.74) is 0. The lowest BCUT2D eigenvalue weighted by Crippen LogP contribution is -1.93. The molecular formula is C24H48O8. The average Bonchev–Trinajstić information content (AvgIpc) is 2.63. The van der Waals surface area contributed by atoms with Gasteiger partial charge in [-0.25, -0.2) is 0 Å². The lowest BCUT2D eigenvalue weighted by atomic mass is 10.0. The van der Waals surface area contributed by atoms with Gasteiger partial charge in [0.05, 0.1) is 0 Å². The summed E-state index contributed by atoms with van der Waals surface area (Å²) < 4.78 is 0. The van der Waals surface area contributed by atoms with Gasteiger partial charge in [-0.15, -0.1) is 0 Å². The van der Waals surface area contributed by atoms with Gasteiger partial charge in [0.2, 0.25) is 0 Å². The largest absolute Gasteiger partial charge is 0.481 e. The number of rotatable bonds is 16. The van der Waals surface area contributed by atoms with Crippen LogP contribution in [0.5, 0.6) is 0 Å². The van der Waals surface area contributed by atoms with E-state index in [-0.39, 0.29) is 0 Å². The molecule has 0 heterocycles. The van der Waals surface area contributed by atoms with Gasteiger partial charge in [0.25, 0.3) is 17.9 Å². The number of hydrogen-bond acceptors (Lipinski definition) is 4. The van der Waals surface area contributed by atoms with Gasteiger partial charge in [-0.2, -0.15) is 0 Å². The number of hydrogen-bond donors (Lipinski definition) is 4. The third kappa shape index (κ3) is 91.0. The van der Waals surface area contributed by atoms with Gasteiger partial charge in [0.15, 0.2) is 0 Å². The van der Waals surface area contributed by atoms with Crippen LogP contribution >= 0.6 is 0 Å². The Labute approximate surface area is 194 Å². The van der Waals surface area contributed by atoms with Crippen molar-refractivity contribution < 1.29 is 39.6 Å². The molecule has 0 spiro atoms. The van der Waals surface area contributed by atoms with Crippen LogP contribution in [0.25, 0.3) is 0 Å². The molecule has 0 aliphatic rings. The minimum Gasteiger partial charge on any atom is -0.481 e. The Balaban J connectivity index is -0.000000267. The third-order valence-corrected chi connectivity index (χ3v) is 3.99. The average molecular weight is 465 g/mol. The van der Waals surface area contributed by atoms with Gasteiger partial charge in [-0.1, -0.05) is 96.8 Å². The highest BCUT2D eigenvalue weighted by molar-refractivity contribution is 5.66. The smallest absolute Gasteiger partial charge is 0.303 e. The highest BCUT2D eigenvalue weighted by Crippen LogP contribution is 2.13. The van der Waals surface area contributed by atoms with Gasteiger partial charge in [0, 0.05) is 27.2 Å². The van der Waals surface area contributed by atoms with Crippen LogP contribution < -0.4 is 0 Å². The molecule has 0 saturated heterocycles. The van der Waals surface area contributed by atoms with Crippen molar-refractivity contribution in [2.24, 2.45) is 0 Å².